The van der Waals surface area contributed by atoms with Gasteiger partial charge in [-0.25, -0.2) is 15.0 Å². The smallest absolute Gasteiger partial charge is 0.194 e. The molecule has 0 fully saturated rings. The second-order valence-electron chi connectivity index (χ2n) is 2.74. The van der Waals surface area contributed by atoms with Crippen molar-refractivity contribution in [2.75, 3.05) is 0 Å². The van der Waals surface area contributed by atoms with E-state index in [9.17, 15) is 0 Å². The summed E-state index contributed by atoms with van der Waals surface area (Å²) in [4.78, 5) is 12.4. The minimum absolute atomic E-state index is 0.729. The number of halogens is 1. The van der Waals surface area contributed by atoms with Gasteiger partial charge in [0, 0.05) is 28.8 Å². The van der Waals surface area contributed by atoms with E-state index in [2.05, 4.69) is 37.5 Å². The Labute approximate surface area is 94.9 Å². The first-order chi connectivity index (χ1) is 6.84. The Kier molecular flexibility index (Phi) is 3.07. The highest BCUT2D eigenvalue weighted by atomic mass is 127. The van der Waals surface area contributed by atoms with Gasteiger partial charge >= 0.3 is 0 Å². The fourth-order valence-corrected chi connectivity index (χ4v) is 1.34. The zero-order valence-corrected chi connectivity index (χ0v) is 9.51. The van der Waals surface area contributed by atoms with Gasteiger partial charge in [0.1, 0.15) is 12.1 Å². The van der Waals surface area contributed by atoms with Gasteiger partial charge in [0.05, 0.1) is 6.20 Å². The first-order valence-corrected chi connectivity index (χ1v) is 5.27. The molecule has 0 unspecified atom stereocenters. The van der Waals surface area contributed by atoms with Gasteiger partial charge in [-0.05, 0) is 22.6 Å². The van der Waals surface area contributed by atoms with E-state index >= 15 is 0 Å². The second-order valence-corrected chi connectivity index (χ2v) is 3.99. The molecule has 2 rings (SSSR count). The largest absolute Gasteiger partial charge is 0.449 e. The highest BCUT2D eigenvalue weighted by Gasteiger charge is 2.00. The van der Waals surface area contributed by atoms with Gasteiger partial charge in [-0.15, -0.1) is 0 Å². The molecule has 0 aliphatic carbocycles. The van der Waals surface area contributed by atoms with Crippen molar-refractivity contribution in [2.45, 2.75) is 12.8 Å². The van der Waals surface area contributed by atoms with Gasteiger partial charge < -0.3 is 4.42 Å². The number of nitrogens with zero attached hydrogens (tertiary/aromatic N) is 3. The van der Waals surface area contributed by atoms with Gasteiger partial charge in [-0.2, -0.15) is 0 Å². The van der Waals surface area contributed by atoms with E-state index in [0.29, 0.717) is 0 Å². The van der Waals surface area contributed by atoms with E-state index in [1.807, 2.05) is 0 Å². The summed E-state index contributed by atoms with van der Waals surface area (Å²) in [5, 5.41) is 0. The molecular formula is C9H8IN3O. The SMILES string of the molecule is Ic1cnc(CCc2ncco2)nc1. The van der Waals surface area contributed by atoms with Crippen LogP contribution >= 0.6 is 22.6 Å². The topological polar surface area (TPSA) is 51.8 Å². The van der Waals surface area contributed by atoms with Crippen molar-refractivity contribution in [1.29, 1.82) is 0 Å². The van der Waals surface area contributed by atoms with Crippen LogP contribution < -0.4 is 0 Å². The molecule has 0 aliphatic rings. The van der Waals surface area contributed by atoms with Crippen LogP contribution in [0.2, 0.25) is 0 Å². The van der Waals surface area contributed by atoms with E-state index in [4.69, 9.17) is 4.42 Å². The number of rotatable bonds is 3. The quantitative estimate of drug-likeness (QED) is 0.812. The Bertz CT molecular complexity index is 385. The first-order valence-electron chi connectivity index (χ1n) is 4.19. The molecule has 2 heterocycles. The molecule has 2 aromatic rings. The Morgan fingerprint density at radius 3 is 2.57 bits per heavy atom. The zero-order chi connectivity index (χ0) is 9.80. The monoisotopic (exact) mass is 301 g/mol. The van der Waals surface area contributed by atoms with Crippen LogP contribution in [-0.2, 0) is 12.8 Å². The van der Waals surface area contributed by atoms with Gasteiger partial charge in [0.15, 0.2) is 5.89 Å². The highest BCUT2D eigenvalue weighted by Crippen LogP contribution is 2.03. The molecule has 4 nitrogen and oxygen atoms in total. The molecule has 0 saturated carbocycles. The van der Waals surface area contributed by atoms with Crippen molar-refractivity contribution in [1.82, 2.24) is 15.0 Å². The van der Waals surface area contributed by atoms with Crippen LogP contribution in [-0.4, -0.2) is 15.0 Å². The molecule has 2 aromatic heterocycles. The maximum Gasteiger partial charge on any atom is 0.194 e. The normalized spacial score (nSPS) is 10.4. The van der Waals surface area contributed by atoms with Crippen LogP contribution in [0.5, 0.6) is 0 Å². The molecule has 0 spiro atoms. The molecular weight excluding hydrogens is 293 g/mol. The van der Waals surface area contributed by atoms with Crippen LogP contribution in [0, 0.1) is 3.57 Å². The summed E-state index contributed by atoms with van der Waals surface area (Å²) in [5.41, 5.74) is 0. The van der Waals surface area contributed by atoms with Gasteiger partial charge in [0.25, 0.3) is 0 Å². The first kappa shape index (κ1) is 9.57. The van der Waals surface area contributed by atoms with Crippen molar-refractivity contribution >= 4 is 22.6 Å². The molecule has 0 saturated heterocycles. The van der Waals surface area contributed by atoms with E-state index in [1.165, 1.54) is 0 Å². The predicted molar refractivity (Wildman–Crippen MR) is 58.7 cm³/mol. The van der Waals surface area contributed by atoms with Crippen molar-refractivity contribution in [3.8, 4) is 0 Å². The summed E-state index contributed by atoms with van der Waals surface area (Å²) >= 11 is 2.18. The minimum atomic E-state index is 0.729. The standard InChI is InChI=1S/C9H8IN3O/c10-7-5-12-8(13-6-7)1-2-9-11-3-4-14-9/h3-6H,1-2H2. The fourth-order valence-electron chi connectivity index (χ4n) is 1.06. The number of aryl methyl sites for hydroxylation is 2. The maximum atomic E-state index is 5.11. The third-order valence-corrected chi connectivity index (χ3v) is 2.28. The number of hydrogen-bond acceptors (Lipinski definition) is 4. The predicted octanol–water partition coefficient (Wildman–Crippen LogP) is 1.85. The molecule has 14 heavy (non-hydrogen) atoms. The van der Waals surface area contributed by atoms with Crippen LogP contribution in [0.4, 0.5) is 0 Å². The van der Waals surface area contributed by atoms with Crippen LogP contribution in [0.15, 0.2) is 29.3 Å². The molecule has 0 radical (unpaired) electrons. The molecule has 72 valence electrons. The summed E-state index contributed by atoms with van der Waals surface area (Å²) in [6.07, 6.45) is 8.33. The number of oxazole rings is 1. The van der Waals surface area contributed by atoms with Crippen LogP contribution in [0.3, 0.4) is 0 Å². The molecule has 0 bridgehead atoms. The lowest BCUT2D eigenvalue weighted by Gasteiger charge is -1.96. The highest BCUT2D eigenvalue weighted by molar-refractivity contribution is 14.1. The fraction of sp³-hybridized carbons (Fsp3) is 0.222. The Balaban J connectivity index is 1.95. The van der Waals surface area contributed by atoms with Gasteiger partial charge in [-0.1, -0.05) is 0 Å². The molecule has 0 aliphatic heterocycles. The summed E-state index contributed by atoms with van der Waals surface area (Å²) in [7, 11) is 0. The lowest BCUT2D eigenvalue weighted by atomic mass is 10.3. The van der Waals surface area contributed by atoms with E-state index in [0.717, 1.165) is 28.1 Å². The van der Waals surface area contributed by atoms with Gasteiger partial charge in [-0.3, -0.25) is 0 Å². The molecule has 0 aromatic carbocycles. The van der Waals surface area contributed by atoms with Crippen molar-refractivity contribution in [2.24, 2.45) is 0 Å². The Morgan fingerprint density at radius 1 is 1.14 bits per heavy atom. The number of hydrogen-bond donors (Lipinski definition) is 0. The lowest BCUT2D eigenvalue weighted by Crippen LogP contribution is -1.97. The third-order valence-electron chi connectivity index (χ3n) is 1.72. The van der Waals surface area contributed by atoms with E-state index in [1.54, 1.807) is 24.9 Å². The molecule has 0 atom stereocenters. The average Bonchev–Trinajstić information content (AvgIpc) is 2.70. The summed E-state index contributed by atoms with van der Waals surface area (Å²) in [5.74, 6) is 1.55. The molecule has 0 N–H and O–H groups in total. The van der Waals surface area contributed by atoms with E-state index < -0.39 is 0 Å². The Morgan fingerprint density at radius 2 is 1.93 bits per heavy atom. The van der Waals surface area contributed by atoms with E-state index in [-0.39, 0.29) is 0 Å². The second kappa shape index (κ2) is 4.50. The molecule has 5 heteroatoms. The summed E-state index contributed by atoms with van der Waals surface area (Å²) in [6, 6.07) is 0. The van der Waals surface area contributed by atoms with Gasteiger partial charge in [0.2, 0.25) is 0 Å². The van der Waals surface area contributed by atoms with Crippen LogP contribution in [0.1, 0.15) is 11.7 Å². The average molecular weight is 301 g/mol. The van der Waals surface area contributed by atoms with Crippen LogP contribution in [0.25, 0.3) is 0 Å². The minimum Gasteiger partial charge on any atom is -0.449 e. The zero-order valence-electron chi connectivity index (χ0n) is 7.35. The lowest BCUT2D eigenvalue weighted by molar-refractivity contribution is 0.491. The maximum absolute atomic E-state index is 5.11. The Hall–Kier alpha value is -0.980. The van der Waals surface area contributed by atoms with Crippen molar-refractivity contribution in [3.05, 3.63) is 40.1 Å². The third kappa shape index (κ3) is 2.50. The summed E-state index contributed by atoms with van der Waals surface area (Å²) in [6.45, 7) is 0. The summed E-state index contributed by atoms with van der Waals surface area (Å²) < 4.78 is 6.15. The van der Waals surface area contributed by atoms with Crippen molar-refractivity contribution in [3.63, 3.8) is 0 Å². The van der Waals surface area contributed by atoms with Crippen molar-refractivity contribution < 1.29 is 4.42 Å². The number of aromatic nitrogens is 3. The molecule has 0 amide bonds.